The lowest BCUT2D eigenvalue weighted by molar-refractivity contribution is -0.138. The van der Waals surface area contributed by atoms with E-state index in [-0.39, 0.29) is 12.0 Å². The Kier molecular flexibility index (Phi) is 5.28. The zero-order valence-corrected chi connectivity index (χ0v) is 14.0. The molecule has 1 aromatic rings. The molecule has 1 saturated carbocycles. The fourth-order valence-corrected chi connectivity index (χ4v) is 3.87. The van der Waals surface area contributed by atoms with Crippen molar-refractivity contribution in [2.24, 2.45) is 11.7 Å². The minimum atomic E-state index is 0.154. The van der Waals surface area contributed by atoms with Gasteiger partial charge in [0.1, 0.15) is 0 Å². The molecule has 1 aliphatic carbocycles. The normalized spacial score (nSPS) is 27.7. The Balaban J connectivity index is 1.53. The number of hydrogen-bond donors (Lipinski definition) is 1. The van der Waals surface area contributed by atoms with Crippen LogP contribution < -0.4 is 5.73 Å². The lowest BCUT2D eigenvalue weighted by Gasteiger charge is -2.40. The number of aromatic nitrogens is 1. The molecule has 23 heavy (non-hydrogen) atoms. The minimum Gasteiger partial charge on any atom is -0.340 e. The van der Waals surface area contributed by atoms with Gasteiger partial charge in [-0.15, -0.1) is 0 Å². The fourth-order valence-electron chi connectivity index (χ4n) is 3.87. The maximum absolute atomic E-state index is 12.7. The molecular formula is C18H28N4O. The summed E-state index contributed by atoms with van der Waals surface area (Å²) < 4.78 is 0. The average molecular weight is 316 g/mol. The molecule has 2 N–H and O–H groups in total. The van der Waals surface area contributed by atoms with Crippen LogP contribution in [-0.2, 0) is 4.79 Å². The lowest BCUT2D eigenvalue weighted by atomic mass is 9.85. The van der Waals surface area contributed by atoms with Crippen molar-refractivity contribution in [1.82, 2.24) is 14.8 Å². The van der Waals surface area contributed by atoms with Crippen LogP contribution in [0.15, 0.2) is 24.5 Å². The standard InChI is InChI=1S/C18H28N4O/c1-14(16-5-3-7-20-13-16)21-8-10-22(11-9-21)18(23)15-4-2-6-17(19)12-15/h3,5,7,13-15,17H,2,4,6,8-12,19H2,1H3. The molecule has 2 fully saturated rings. The topological polar surface area (TPSA) is 62.5 Å². The van der Waals surface area contributed by atoms with Crippen LogP contribution in [0.1, 0.15) is 44.2 Å². The molecule has 3 unspecified atom stereocenters. The Morgan fingerprint density at radius 2 is 2.09 bits per heavy atom. The molecule has 0 aromatic carbocycles. The van der Waals surface area contributed by atoms with E-state index in [0.29, 0.717) is 11.9 Å². The molecular weight excluding hydrogens is 288 g/mol. The van der Waals surface area contributed by atoms with E-state index < -0.39 is 0 Å². The zero-order chi connectivity index (χ0) is 16.2. The number of nitrogens with two attached hydrogens (primary N) is 1. The molecule has 5 nitrogen and oxygen atoms in total. The number of carbonyl (C=O) groups is 1. The highest BCUT2D eigenvalue weighted by atomic mass is 16.2. The fraction of sp³-hybridized carbons (Fsp3) is 0.667. The second kappa shape index (κ2) is 7.41. The highest BCUT2D eigenvalue weighted by molar-refractivity contribution is 5.79. The first kappa shape index (κ1) is 16.4. The summed E-state index contributed by atoms with van der Waals surface area (Å²) in [5.41, 5.74) is 7.27. The monoisotopic (exact) mass is 316 g/mol. The van der Waals surface area contributed by atoms with Crippen molar-refractivity contribution < 1.29 is 4.79 Å². The van der Waals surface area contributed by atoms with Crippen LogP contribution in [0.4, 0.5) is 0 Å². The second-order valence-electron chi connectivity index (χ2n) is 6.95. The summed E-state index contributed by atoms with van der Waals surface area (Å²) in [5, 5.41) is 0. The third-order valence-electron chi connectivity index (χ3n) is 5.40. The van der Waals surface area contributed by atoms with Crippen LogP contribution in [-0.4, -0.2) is 52.9 Å². The van der Waals surface area contributed by atoms with Gasteiger partial charge in [0.15, 0.2) is 0 Å². The summed E-state index contributed by atoms with van der Waals surface area (Å²) in [5.74, 6) is 0.481. The van der Waals surface area contributed by atoms with Gasteiger partial charge < -0.3 is 10.6 Å². The van der Waals surface area contributed by atoms with Gasteiger partial charge in [0.05, 0.1) is 0 Å². The van der Waals surface area contributed by atoms with Gasteiger partial charge in [-0.1, -0.05) is 12.5 Å². The second-order valence-corrected chi connectivity index (χ2v) is 6.95. The maximum Gasteiger partial charge on any atom is 0.225 e. The largest absolute Gasteiger partial charge is 0.340 e. The summed E-state index contributed by atoms with van der Waals surface area (Å²) in [4.78, 5) is 21.4. The van der Waals surface area contributed by atoms with Crippen molar-refractivity contribution >= 4 is 5.91 Å². The molecule has 3 rings (SSSR count). The van der Waals surface area contributed by atoms with Crippen molar-refractivity contribution in [3.63, 3.8) is 0 Å². The predicted molar refractivity (Wildman–Crippen MR) is 90.7 cm³/mol. The molecule has 0 radical (unpaired) electrons. The number of hydrogen-bond acceptors (Lipinski definition) is 4. The van der Waals surface area contributed by atoms with E-state index in [9.17, 15) is 4.79 Å². The molecule has 2 aliphatic rings. The number of carbonyl (C=O) groups excluding carboxylic acids is 1. The number of nitrogens with zero attached hydrogens (tertiary/aromatic N) is 3. The highest BCUT2D eigenvalue weighted by Crippen LogP contribution is 2.26. The highest BCUT2D eigenvalue weighted by Gasteiger charge is 2.31. The van der Waals surface area contributed by atoms with E-state index >= 15 is 0 Å². The first-order valence-electron chi connectivity index (χ1n) is 8.83. The zero-order valence-electron chi connectivity index (χ0n) is 14.0. The Hall–Kier alpha value is -1.46. The summed E-state index contributed by atoms with van der Waals surface area (Å²) in [6, 6.07) is 4.67. The third kappa shape index (κ3) is 3.90. The van der Waals surface area contributed by atoms with Crippen LogP contribution in [0.2, 0.25) is 0 Å². The Morgan fingerprint density at radius 3 is 2.74 bits per heavy atom. The van der Waals surface area contributed by atoms with Crippen LogP contribution in [0, 0.1) is 5.92 Å². The van der Waals surface area contributed by atoms with Crippen molar-refractivity contribution in [1.29, 1.82) is 0 Å². The lowest BCUT2D eigenvalue weighted by Crippen LogP contribution is -2.51. The summed E-state index contributed by atoms with van der Waals surface area (Å²) in [6.07, 6.45) is 7.78. The Labute approximate surface area is 138 Å². The summed E-state index contributed by atoms with van der Waals surface area (Å²) in [6.45, 7) is 5.74. The molecule has 1 aliphatic heterocycles. The molecule has 126 valence electrons. The van der Waals surface area contributed by atoms with E-state index in [2.05, 4.69) is 27.8 Å². The van der Waals surface area contributed by atoms with Gasteiger partial charge >= 0.3 is 0 Å². The van der Waals surface area contributed by atoms with Crippen molar-refractivity contribution in [2.75, 3.05) is 26.2 Å². The van der Waals surface area contributed by atoms with Crippen LogP contribution in [0.25, 0.3) is 0 Å². The molecule has 3 atom stereocenters. The van der Waals surface area contributed by atoms with E-state index in [1.165, 1.54) is 5.56 Å². The van der Waals surface area contributed by atoms with Gasteiger partial charge in [-0.25, -0.2) is 0 Å². The molecule has 1 saturated heterocycles. The molecule has 1 amide bonds. The van der Waals surface area contributed by atoms with E-state index in [1.807, 2.05) is 18.5 Å². The first-order valence-corrected chi connectivity index (χ1v) is 8.83. The number of piperazine rings is 1. The van der Waals surface area contributed by atoms with Crippen molar-refractivity contribution in [3.05, 3.63) is 30.1 Å². The van der Waals surface area contributed by atoms with E-state index in [0.717, 1.165) is 51.9 Å². The van der Waals surface area contributed by atoms with Crippen molar-refractivity contribution in [2.45, 2.75) is 44.7 Å². The number of pyridine rings is 1. The quantitative estimate of drug-likeness (QED) is 0.924. The maximum atomic E-state index is 12.7. The van der Waals surface area contributed by atoms with Gasteiger partial charge in [0.2, 0.25) is 5.91 Å². The molecule has 2 heterocycles. The SMILES string of the molecule is CC(c1cccnc1)N1CCN(C(=O)C2CCCC(N)C2)CC1. The Bertz CT molecular complexity index is 513. The van der Waals surface area contributed by atoms with E-state index in [4.69, 9.17) is 5.73 Å². The Morgan fingerprint density at radius 1 is 1.30 bits per heavy atom. The van der Waals surface area contributed by atoms with E-state index in [1.54, 1.807) is 0 Å². The van der Waals surface area contributed by atoms with Gasteiger partial charge in [-0.05, 0) is 37.8 Å². The average Bonchev–Trinajstić information content (AvgIpc) is 2.61. The molecule has 5 heteroatoms. The third-order valence-corrected chi connectivity index (χ3v) is 5.40. The molecule has 1 aromatic heterocycles. The van der Waals surface area contributed by atoms with Gasteiger partial charge in [-0.3, -0.25) is 14.7 Å². The minimum absolute atomic E-state index is 0.154. The van der Waals surface area contributed by atoms with Gasteiger partial charge in [0.25, 0.3) is 0 Å². The molecule has 0 bridgehead atoms. The number of amides is 1. The molecule has 0 spiro atoms. The van der Waals surface area contributed by atoms with Gasteiger partial charge in [0, 0.05) is 56.6 Å². The van der Waals surface area contributed by atoms with Crippen LogP contribution >= 0.6 is 0 Å². The van der Waals surface area contributed by atoms with Crippen LogP contribution in [0.5, 0.6) is 0 Å². The predicted octanol–water partition coefficient (Wildman–Crippen LogP) is 1.80. The summed E-state index contributed by atoms with van der Waals surface area (Å²) >= 11 is 0. The number of rotatable bonds is 3. The van der Waals surface area contributed by atoms with Gasteiger partial charge in [-0.2, -0.15) is 0 Å². The smallest absolute Gasteiger partial charge is 0.225 e. The summed E-state index contributed by atoms with van der Waals surface area (Å²) in [7, 11) is 0. The van der Waals surface area contributed by atoms with Crippen LogP contribution in [0.3, 0.4) is 0 Å². The first-order chi connectivity index (χ1) is 11.1. The van der Waals surface area contributed by atoms with Crippen molar-refractivity contribution in [3.8, 4) is 0 Å².